The summed E-state index contributed by atoms with van der Waals surface area (Å²) in [5.41, 5.74) is 6.39. The Morgan fingerprint density at radius 2 is 1.29 bits per heavy atom. The molecule has 12 amide bonds. The van der Waals surface area contributed by atoms with E-state index in [1.165, 1.54) is 21.3 Å². The van der Waals surface area contributed by atoms with Crippen LogP contribution >= 0.6 is 0 Å². The first-order valence-electron chi connectivity index (χ1n) is 33.2. The van der Waals surface area contributed by atoms with Gasteiger partial charge in [0.25, 0.3) is 0 Å². The smallest absolute Gasteiger partial charge is 0.410 e. The predicted octanol–water partition coefficient (Wildman–Crippen LogP) is 3.21. The zero-order chi connectivity index (χ0) is 72.3. The quantitative estimate of drug-likeness (QED) is 0.0430. The molecule has 1 heterocycles. The number of nitrogens with zero attached hydrogens (tertiary/aromatic N) is 3. The van der Waals surface area contributed by atoms with E-state index in [0.717, 1.165) is 4.90 Å². The third-order valence-corrected chi connectivity index (χ3v) is 17.2. The van der Waals surface area contributed by atoms with Crippen LogP contribution in [0.1, 0.15) is 146 Å². The van der Waals surface area contributed by atoms with Crippen LogP contribution in [0.4, 0.5) is 15.3 Å². The summed E-state index contributed by atoms with van der Waals surface area (Å²) in [4.78, 5) is 152. The molecule has 28 heteroatoms. The third kappa shape index (κ3) is 26.2. The second-order valence-electron chi connectivity index (χ2n) is 27.0. The fourth-order valence-corrected chi connectivity index (χ4v) is 11.5. The van der Waals surface area contributed by atoms with Crippen LogP contribution in [0.25, 0.3) is 0 Å². The molecular weight excluding hydrogens is 1240 g/mol. The van der Waals surface area contributed by atoms with Gasteiger partial charge in [0.05, 0.1) is 68.4 Å². The summed E-state index contributed by atoms with van der Waals surface area (Å²) in [6, 6.07) is 8.39. The van der Waals surface area contributed by atoms with Gasteiger partial charge < -0.3 is 82.7 Å². The molecule has 96 heavy (non-hydrogen) atoms. The maximum Gasteiger partial charge on any atom is 0.410 e. The highest BCUT2D eigenvalue weighted by Gasteiger charge is 2.44. The van der Waals surface area contributed by atoms with Crippen molar-refractivity contribution in [3.05, 3.63) is 65.7 Å². The minimum atomic E-state index is -1.17. The lowest BCUT2D eigenvalue weighted by Gasteiger charge is -2.41. The lowest BCUT2D eigenvalue weighted by Crippen LogP contribution is -2.60. The number of likely N-dealkylation sites (N-methyl/N-ethyl adjacent to an activating group) is 2. The van der Waals surface area contributed by atoms with E-state index in [4.69, 9.17) is 19.9 Å². The lowest BCUT2D eigenvalue weighted by atomic mass is 9.89. The van der Waals surface area contributed by atoms with E-state index in [1.54, 1.807) is 109 Å². The number of nitrogens with two attached hydrogens (primary N) is 1. The average molecular weight is 1350 g/mol. The summed E-state index contributed by atoms with van der Waals surface area (Å²) in [7, 11) is 6.06. The number of hydrogen-bond acceptors (Lipinski definition) is 16. The molecule has 0 aromatic heterocycles. The molecule has 1 saturated heterocycles. The average Bonchev–Trinajstić information content (AvgIpc) is 1.53. The van der Waals surface area contributed by atoms with Crippen LogP contribution < -0.4 is 53.6 Å². The molecule has 1 unspecified atom stereocenters. The SMILES string of the molecule is CC[C@H](C)[C@@H]([C@@H](CC(=O)N1CCC[C@H]1[C@H](OC)[C@@H](C)C(=O)N[C@H](C)[C@@H](O)c1ccccc1)OC)N(C)C(=O)[C@@H](NC(=O)[C@H](C(C)C)N(C)C(=O)OCc1ccc(NC(=O)C(CCCNC(N)=O)NC(=O)[C@@H](NC(=O)CNC(=O)CNC(=O)CNC(C)(C)C)C(C)C)cc1)C(C)C. The zero-order valence-electron chi connectivity index (χ0n) is 59.4. The lowest BCUT2D eigenvalue weighted by molar-refractivity contribution is -0.148. The van der Waals surface area contributed by atoms with Crippen molar-refractivity contribution in [1.82, 2.24) is 57.2 Å². The van der Waals surface area contributed by atoms with Crippen molar-refractivity contribution in [3.8, 4) is 0 Å². The molecule has 28 nitrogen and oxygen atoms in total. The van der Waals surface area contributed by atoms with Crippen molar-refractivity contribution >= 4 is 71.0 Å². The number of carbonyl (C=O) groups is 11. The molecule has 0 radical (unpaired) electrons. The molecule has 2 aromatic rings. The third-order valence-electron chi connectivity index (χ3n) is 17.2. The van der Waals surface area contributed by atoms with Crippen molar-refractivity contribution < 1.29 is 72.1 Å². The van der Waals surface area contributed by atoms with Crippen LogP contribution in [-0.2, 0) is 64.0 Å². The molecular formula is C68H111N13O15. The summed E-state index contributed by atoms with van der Waals surface area (Å²) >= 11 is 0. The van der Waals surface area contributed by atoms with Crippen molar-refractivity contribution in [1.29, 1.82) is 0 Å². The first kappa shape index (κ1) is 82.3. The first-order valence-corrected chi connectivity index (χ1v) is 33.2. The van der Waals surface area contributed by atoms with Crippen molar-refractivity contribution in [2.24, 2.45) is 35.3 Å². The number of benzene rings is 2. The van der Waals surface area contributed by atoms with Crippen LogP contribution in [0.3, 0.4) is 0 Å². The van der Waals surface area contributed by atoms with Gasteiger partial charge in [-0.3, -0.25) is 48.1 Å². The van der Waals surface area contributed by atoms with Gasteiger partial charge in [-0.15, -0.1) is 0 Å². The predicted molar refractivity (Wildman–Crippen MR) is 363 cm³/mol. The number of amides is 12. The number of carbonyl (C=O) groups excluding carboxylic acids is 11. The number of primary amides is 1. The molecule has 538 valence electrons. The van der Waals surface area contributed by atoms with Gasteiger partial charge in [0.1, 0.15) is 30.8 Å². The maximum atomic E-state index is 14.8. The Labute approximate surface area is 566 Å². The normalized spacial score (nSPS) is 16.6. The number of hydrogen-bond donors (Lipinski definition) is 11. The van der Waals surface area contributed by atoms with Crippen LogP contribution in [0, 0.1) is 29.6 Å². The highest BCUT2D eigenvalue weighted by atomic mass is 16.6. The first-order chi connectivity index (χ1) is 45.1. The standard InChI is InChI=1S/C68H111N13O15/c1-18-42(8)58(50(94-16)34-54(85)81-33-23-27-49(81)60(95-17)43(9)61(87)74-44(10)59(86)46-24-20-19-21-25-46)79(14)65(91)56(40(4)5)78-64(90)57(41(6)7)80(15)67(93)96-38-45-28-30-47(31-29-45)75-62(88)48(26-22-32-70-66(69)92)76-63(89)55(39(2)3)77-53(84)36-72-51(82)35-71-52(83)37-73-68(11,12)13/h19-21,24-25,28-31,39-44,48-50,55-60,73,86H,18,22-23,26-27,32-38H2,1-17H3,(H,71,83)(H,72,82)(H,74,87)(H,75,88)(H,76,89)(H,77,84)(H,78,90)(H3,69,70,92)/t42-,43+,44+,48?,49-,50+,55-,56-,57-,58-,59+,60+/m0/s1. The molecule has 0 spiro atoms. The van der Waals surface area contributed by atoms with Gasteiger partial charge >= 0.3 is 12.1 Å². The van der Waals surface area contributed by atoms with E-state index in [1.807, 2.05) is 52.8 Å². The van der Waals surface area contributed by atoms with Crippen molar-refractivity contribution in [2.75, 3.05) is 66.4 Å². The summed E-state index contributed by atoms with van der Waals surface area (Å²) in [5.74, 6) is -6.92. The minimum Gasteiger partial charge on any atom is -0.445 e. The monoisotopic (exact) mass is 1350 g/mol. The Kier molecular flexibility index (Phi) is 34.2. The number of likely N-dealkylation sites (tertiary alicyclic amines) is 1. The van der Waals surface area contributed by atoms with Crippen LogP contribution in [0.5, 0.6) is 0 Å². The summed E-state index contributed by atoms with van der Waals surface area (Å²) in [6.45, 7) is 22.9. The number of aliphatic hydroxyl groups is 1. The number of anilines is 1. The van der Waals surface area contributed by atoms with Crippen molar-refractivity contribution in [3.63, 3.8) is 0 Å². The summed E-state index contributed by atoms with van der Waals surface area (Å²) < 4.78 is 17.7. The van der Waals surface area contributed by atoms with Crippen LogP contribution in [0.15, 0.2) is 54.6 Å². The van der Waals surface area contributed by atoms with E-state index in [2.05, 4.69) is 47.9 Å². The van der Waals surface area contributed by atoms with E-state index >= 15 is 0 Å². The molecule has 1 aliphatic heterocycles. The zero-order valence-corrected chi connectivity index (χ0v) is 59.4. The molecule has 0 saturated carbocycles. The molecule has 12 N–H and O–H groups in total. The molecule has 0 bridgehead atoms. The van der Waals surface area contributed by atoms with Gasteiger partial charge in [0.2, 0.25) is 53.2 Å². The highest BCUT2D eigenvalue weighted by Crippen LogP contribution is 2.30. The van der Waals surface area contributed by atoms with Gasteiger partial charge in [0.15, 0.2) is 0 Å². The number of urea groups is 1. The highest BCUT2D eigenvalue weighted by molar-refractivity contribution is 5.99. The second-order valence-corrected chi connectivity index (χ2v) is 27.0. The Bertz CT molecular complexity index is 2880. The van der Waals surface area contributed by atoms with Gasteiger partial charge in [-0.05, 0) is 100 Å². The Hall–Kier alpha value is -7.95. The van der Waals surface area contributed by atoms with E-state index in [0.29, 0.717) is 42.6 Å². The number of aliphatic hydroxyl groups excluding tert-OH is 1. The molecule has 12 atom stereocenters. The summed E-state index contributed by atoms with van der Waals surface area (Å²) in [6.07, 6.45) is -1.20. The number of ether oxygens (including phenoxy) is 3. The largest absolute Gasteiger partial charge is 0.445 e. The molecule has 1 fully saturated rings. The fraction of sp³-hybridized carbons (Fsp3) is 0.662. The maximum absolute atomic E-state index is 14.8. The second kappa shape index (κ2) is 39.9. The van der Waals surface area contributed by atoms with Crippen LogP contribution in [-0.4, -0.2) is 206 Å². The summed E-state index contributed by atoms with van der Waals surface area (Å²) in [5, 5.41) is 35.2. The van der Waals surface area contributed by atoms with E-state index < -0.39 is 144 Å². The molecule has 1 aliphatic rings. The Morgan fingerprint density at radius 3 is 1.84 bits per heavy atom. The van der Waals surface area contributed by atoms with E-state index in [-0.39, 0.29) is 68.8 Å². The fourth-order valence-electron chi connectivity index (χ4n) is 11.5. The Morgan fingerprint density at radius 1 is 0.688 bits per heavy atom. The van der Waals surface area contributed by atoms with E-state index in [9.17, 15) is 57.8 Å². The van der Waals surface area contributed by atoms with Gasteiger partial charge in [-0.2, -0.15) is 0 Å². The number of rotatable bonds is 38. The Balaban J connectivity index is 1.68. The minimum absolute atomic E-state index is 0.0178. The molecule has 2 aromatic carbocycles. The van der Waals surface area contributed by atoms with Crippen molar-refractivity contribution in [2.45, 2.75) is 201 Å². The van der Waals surface area contributed by atoms with Gasteiger partial charge in [0, 0.05) is 52.6 Å². The topological polar surface area (TPSA) is 380 Å². The van der Waals surface area contributed by atoms with Gasteiger partial charge in [-0.1, -0.05) is 111 Å². The molecule has 0 aliphatic carbocycles. The molecule has 3 rings (SSSR count). The number of nitrogens with one attached hydrogen (secondary N) is 9. The number of methoxy groups -OCH3 is 2. The van der Waals surface area contributed by atoms with Crippen LogP contribution in [0.2, 0.25) is 0 Å². The van der Waals surface area contributed by atoms with Gasteiger partial charge in [-0.25, -0.2) is 9.59 Å².